The lowest BCUT2D eigenvalue weighted by Crippen LogP contribution is -2.34. The Bertz CT molecular complexity index is 898. The van der Waals surface area contributed by atoms with E-state index in [1.807, 2.05) is 42.3 Å². The molecule has 0 saturated heterocycles. The molecule has 1 N–H and O–H groups in total. The number of hydrogen-bond acceptors (Lipinski definition) is 2. The summed E-state index contributed by atoms with van der Waals surface area (Å²) >= 11 is 0. The second-order valence-corrected chi connectivity index (χ2v) is 6.34. The van der Waals surface area contributed by atoms with E-state index in [1.165, 1.54) is 24.3 Å². The molecule has 3 nitrogen and oxygen atoms in total. The Morgan fingerprint density at radius 2 is 1.56 bits per heavy atom. The van der Waals surface area contributed by atoms with Gasteiger partial charge in [-0.25, -0.2) is 8.78 Å². The number of carbonyl (C=O) groups excluding carboxylic acids is 1. The van der Waals surface area contributed by atoms with Crippen LogP contribution in [0.25, 0.3) is 0 Å². The average molecular weight is 366 g/mol. The lowest BCUT2D eigenvalue weighted by molar-refractivity contribution is -0.117. The third-order valence-corrected chi connectivity index (χ3v) is 4.24. The molecule has 0 heterocycles. The zero-order chi connectivity index (χ0) is 19.2. The predicted molar refractivity (Wildman–Crippen MR) is 102 cm³/mol. The lowest BCUT2D eigenvalue weighted by atomic mass is 9.97. The molecular formula is C22H20F2N2O. The number of amides is 1. The molecule has 0 aliphatic carbocycles. The molecule has 1 atom stereocenters. The van der Waals surface area contributed by atoms with E-state index in [4.69, 9.17) is 0 Å². The van der Waals surface area contributed by atoms with Gasteiger partial charge in [0, 0.05) is 5.69 Å². The van der Waals surface area contributed by atoms with Gasteiger partial charge in [-0.2, -0.15) is 0 Å². The summed E-state index contributed by atoms with van der Waals surface area (Å²) < 4.78 is 26.6. The predicted octanol–water partition coefficient (Wildman–Crippen LogP) is 4.62. The number of halogens is 2. The quantitative estimate of drug-likeness (QED) is 0.690. The van der Waals surface area contributed by atoms with Crippen LogP contribution in [0.2, 0.25) is 0 Å². The van der Waals surface area contributed by atoms with E-state index in [1.54, 1.807) is 24.3 Å². The highest BCUT2D eigenvalue weighted by Crippen LogP contribution is 2.27. The Labute approximate surface area is 157 Å². The van der Waals surface area contributed by atoms with Gasteiger partial charge >= 0.3 is 0 Å². The van der Waals surface area contributed by atoms with Crippen molar-refractivity contribution >= 4 is 11.6 Å². The highest BCUT2D eigenvalue weighted by molar-refractivity contribution is 5.92. The van der Waals surface area contributed by atoms with Gasteiger partial charge in [-0.05, 0) is 48.5 Å². The Hall–Kier alpha value is -3.05. The van der Waals surface area contributed by atoms with Crippen LogP contribution in [0.4, 0.5) is 14.5 Å². The molecule has 5 heteroatoms. The first-order valence-corrected chi connectivity index (χ1v) is 8.59. The fourth-order valence-electron chi connectivity index (χ4n) is 3.07. The van der Waals surface area contributed by atoms with Gasteiger partial charge in [-0.1, -0.05) is 48.5 Å². The molecule has 0 aromatic heterocycles. The highest BCUT2D eigenvalue weighted by Gasteiger charge is 2.21. The zero-order valence-electron chi connectivity index (χ0n) is 14.9. The Morgan fingerprint density at radius 3 is 2.22 bits per heavy atom. The first kappa shape index (κ1) is 18.7. The normalized spacial score (nSPS) is 12.0. The third kappa shape index (κ3) is 4.99. The molecule has 27 heavy (non-hydrogen) atoms. The van der Waals surface area contributed by atoms with Gasteiger partial charge in [-0.3, -0.25) is 9.69 Å². The largest absolute Gasteiger partial charge is 0.325 e. The number of carbonyl (C=O) groups is 1. The van der Waals surface area contributed by atoms with Gasteiger partial charge in [0.2, 0.25) is 5.91 Å². The standard InChI is InChI=1S/C22H20F2N2O/c1-26(15-21(27)25-20-9-5-8-19(24)14-20)22(16-6-3-2-4-7-16)17-10-12-18(23)13-11-17/h2-14,22H,15H2,1H3,(H,25,27). The average Bonchev–Trinajstić information content (AvgIpc) is 2.64. The summed E-state index contributed by atoms with van der Waals surface area (Å²) in [4.78, 5) is 14.3. The molecule has 0 spiro atoms. The van der Waals surface area contributed by atoms with Crippen molar-refractivity contribution in [2.75, 3.05) is 18.9 Å². The van der Waals surface area contributed by atoms with E-state index in [0.717, 1.165) is 11.1 Å². The van der Waals surface area contributed by atoms with Crippen molar-refractivity contribution in [2.24, 2.45) is 0 Å². The van der Waals surface area contributed by atoms with Crippen LogP contribution >= 0.6 is 0 Å². The molecule has 138 valence electrons. The molecule has 0 saturated carbocycles. The smallest absolute Gasteiger partial charge is 0.238 e. The molecular weight excluding hydrogens is 346 g/mol. The minimum absolute atomic E-state index is 0.0907. The topological polar surface area (TPSA) is 32.3 Å². The summed E-state index contributed by atoms with van der Waals surface area (Å²) in [5.74, 6) is -0.974. The molecule has 0 aliphatic heterocycles. The van der Waals surface area contributed by atoms with Crippen LogP contribution in [-0.4, -0.2) is 24.4 Å². The molecule has 3 rings (SSSR count). The number of hydrogen-bond donors (Lipinski definition) is 1. The summed E-state index contributed by atoms with van der Waals surface area (Å²) in [6.45, 7) is 0.0907. The number of nitrogens with one attached hydrogen (secondary N) is 1. The van der Waals surface area contributed by atoms with Crippen molar-refractivity contribution in [3.63, 3.8) is 0 Å². The van der Waals surface area contributed by atoms with E-state index < -0.39 is 5.82 Å². The van der Waals surface area contributed by atoms with Gasteiger partial charge in [-0.15, -0.1) is 0 Å². The summed E-state index contributed by atoms with van der Waals surface area (Å²) in [5.41, 5.74) is 2.28. The maximum atomic E-state index is 13.3. The highest BCUT2D eigenvalue weighted by atomic mass is 19.1. The Kier molecular flexibility index (Phi) is 5.94. The SMILES string of the molecule is CN(CC(=O)Nc1cccc(F)c1)C(c1ccccc1)c1ccc(F)cc1. The van der Waals surface area contributed by atoms with E-state index in [9.17, 15) is 13.6 Å². The first-order chi connectivity index (χ1) is 13.0. The molecule has 3 aromatic rings. The molecule has 1 amide bonds. The molecule has 0 bridgehead atoms. The fourth-order valence-corrected chi connectivity index (χ4v) is 3.07. The monoisotopic (exact) mass is 366 g/mol. The lowest BCUT2D eigenvalue weighted by Gasteiger charge is -2.28. The zero-order valence-corrected chi connectivity index (χ0v) is 14.9. The van der Waals surface area contributed by atoms with E-state index >= 15 is 0 Å². The van der Waals surface area contributed by atoms with Gasteiger partial charge < -0.3 is 5.32 Å². The number of anilines is 1. The van der Waals surface area contributed by atoms with Crippen LogP contribution in [-0.2, 0) is 4.79 Å². The molecule has 1 unspecified atom stereocenters. The summed E-state index contributed by atoms with van der Waals surface area (Å²) in [6, 6.07) is 21.5. The van der Waals surface area contributed by atoms with Crippen molar-refractivity contribution in [1.82, 2.24) is 4.90 Å². The van der Waals surface area contributed by atoms with Crippen LogP contribution in [0.3, 0.4) is 0 Å². The Balaban J connectivity index is 1.79. The van der Waals surface area contributed by atoms with Crippen molar-refractivity contribution < 1.29 is 13.6 Å². The minimum Gasteiger partial charge on any atom is -0.325 e. The maximum Gasteiger partial charge on any atom is 0.238 e. The number of likely N-dealkylation sites (N-methyl/N-ethyl adjacent to an activating group) is 1. The van der Waals surface area contributed by atoms with Crippen LogP contribution in [0.15, 0.2) is 78.9 Å². The van der Waals surface area contributed by atoms with Crippen LogP contribution < -0.4 is 5.32 Å². The van der Waals surface area contributed by atoms with Gasteiger partial charge in [0.1, 0.15) is 11.6 Å². The van der Waals surface area contributed by atoms with Gasteiger partial charge in [0.05, 0.1) is 12.6 Å². The summed E-state index contributed by atoms with van der Waals surface area (Å²) in [7, 11) is 1.83. The van der Waals surface area contributed by atoms with E-state index in [2.05, 4.69) is 5.32 Å². The molecule has 0 radical (unpaired) electrons. The number of nitrogens with zero attached hydrogens (tertiary/aromatic N) is 1. The van der Waals surface area contributed by atoms with Crippen molar-refractivity contribution in [3.05, 3.63) is 102 Å². The van der Waals surface area contributed by atoms with Crippen LogP contribution in [0.1, 0.15) is 17.2 Å². The second-order valence-electron chi connectivity index (χ2n) is 6.34. The van der Waals surface area contributed by atoms with Gasteiger partial charge in [0.25, 0.3) is 0 Å². The molecule has 0 fully saturated rings. The second kappa shape index (κ2) is 8.56. The van der Waals surface area contributed by atoms with Crippen molar-refractivity contribution in [3.8, 4) is 0 Å². The van der Waals surface area contributed by atoms with Crippen LogP contribution in [0.5, 0.6) is 0 Å². The first-order valence-electron chi connectivity index (χ1n) is 8.59. The fraction of sp³-hybridized carbons (Fsp3) is 0.136. The maximum absolute atomic E-state index is 13.3. The van der Waals surface area contributed by atoms with Crippen LogP contribution in [0, 0.1) is 11.6 Å². The van der Waals surface area contributed by atoms with E-state index in [0.29, 0.717) is 5.69 Å². The Morgan fingerprint density at radius 1 is 0.889 bits per heavy atom. The summed E-state index contributed by atoms with van der Waals surface area (Å²) in [6.07, 6.45) is 0. The van der Waals surface area contributed by atoms with E-state index in [-0.39, 0.29) is 24.3 Å². The summed E-state index contributed by atoms with van der Waals surface area (Å²) in [5, 5.41) is 2.70. The number of benzene rings is 3. The van der Waals surface area contributed by atoms with Gasteiger partial charge in [0.15, 0.2) is 0 Å². The van der Waals surface area contributed by atoms with Crippen molar-refractivity contribution in [1.29, 1.82) is 0 Å². The molecule has 3 aromatic carbocycles. The third-order valence-electron chi connectivity index (χ3n) is 4.24. The minimum atomic E-state index is -0.408. The van der Waals surface area contributed by atoms with Crippen molar-refractivity contribution in [2.45, 2.75) is 6.04 Å². The number of rotatable bonds is 6. The molecule has 0 aliphatic rings.